The number of halogens is 1. The van der Waals surface area contributed by atoms with E-state index in [-0.39, 0.29) is 6.04 Å². The van der Waals surface area contributed by atoms with Crippen LogP contribution in [0.2, 0.25) is 0 Å². The van der Waals surface area contributed by atoms with Crippen LogP contribution in [0, 0.1) is 5.82 Å². The molecule has 0 unspecified atom stereocenters. The van der Waals surface area contributed by atoms with Crippen LogP contribution in [-0.4, -0.2) is 35.6 Å². The number of nitrogens with one attached hydrogen (secondary N) is 1. The van der Waals surface area contributed by atoms with Gasteiger partial charge in [-0.15, -0.1) is 6.58 Å². The summed E-state index contributed by atoms with van der Waals surface area (Å²) in [6.45, 7) is 6.20. The van der Waals surface area contributed by atoms with E-state index in [1.165, 1.54) is 12.4 Å². The Morgan fingerprint density at radius 2 is 2.27 bits per heavy atom. The third-order valence-corrected chi connectivity index (χ3v) is 2.38. The fraction of sp³-hybridized carbons (Fsp3) is 0.400. The van der Waals surface area contributed by atoms with Crippen LogP contribution in [0.15, 0.2) is 25.0 Å². The molecule has 4 nitrogen and oxygen atoms in total. The fourth-order valence-electron chi connectivity index (χ4n) is 1.59. The molecule has 2 rings (SSSR count). The van der Waals surface area contributed by atoms with Crippen molar-refractivity contribution in [3.8, 4) is 0 Å². The monoisotopic (exact) mass is 208 g/mol. The van der Waals surface area contributed by atoms with Gasteiger partial charge in [-0.3, -0.25) is 0 Å². The van der Waals surface area contributed by atoms with E-state index in [1.807, 2.05) is 11.0 Å². The van der Waals surface area contributed by atoms with Crippen LogP contribution in [0.3, 0.4) is 0 Å². The number of hydrogen-bond donors (Lipinski definition) is 1. The normalized spacial score (nSPS) is 21.4. The van der Waals surface area contributed by atoms with E-state index in [2.05, 4.69) is 21.9 Å². The minimum atomic E-state index is -0.408. The van der Waals surface area contributed by atoms with Crippen molar-refractivity contribution in [2.24, 2.45) is 0 Å². The van der Waals surface area contributed by atoms with Crippen LogP contribution < -0.4 is 10.2 Å². The highest BCUT2D eigenvalue weighted by Gasteiger charge is 2.18. The van der Waals surface area contributed by atoms with Crippen molar-refractivity contribution in [1.29, 1.82) is 0 Å². The highest BCUT2D eigenvalue weighted by Crippen LogP contribution is 2.09. The van der Waals surface area contributed by atoms with Gasteiger partial charge in [0.25, 0.3) is 0 Å². The lowest BCUT2D eigenvalue weighted by molar-refractivity contribution is 0.510. The fourth-order valence-corrected chi connectivity index (χ4v) is 1.59. The second-order valence-corrected chi connectivity index (χ2v) is 3.44. The van der Waals surface area contributed by atoms with Gasteiger partial charge in [0, 0.05) is 25.7 Å². The number of nitrogens with zero attached hydrogens (tertiary/aromatic N) is 3. The lowest BCUT2D eigenvalue weighted by atomic mass is 10.2. The zero-order chi connectivity index (χ0) is 10.7. The van der Waals surface area contributed by atoms with Crippen LogP contribution in [0.5, 0.6) is 0 Å². The number of aromatic nitrogens is 2. The summed E-state index contributed by atoms with van der Waals surface area (Å²) >= 11 is 0. The molecule has 1 saturated heterocycles. The van der Waals surface area contributed by atoms with Gasteiger partial charge in [-0.05, 0) is 0 Å². The molecule has 0 amide bonds. The second-order valence-electron chi connectivity index (χ2n) is 3.44. The van der Waals surface area contributed by atoms with E-state index in [0.29, 0.717) is 5.95 Å². The molecular formula is C10H13FN4. The molecule has 0 aliphatic carbocycles. The van der Waals surface area contributed by atoms with E-state index in [1.54, 1.807) is 0 Å². The summed E-state index contributed by atoms with van der Waals surface area (Å²) in [6, 6.07) is 0.243. The Balaban J connectivity index is 2.09. The Morgan fingerprint density at radius 3 is 2.93 bits per heavy atom. The van der Waals surface area contributed by atoms with E-state index < -0.39 is 5.82 Å². The van der Waals surface area contributed by atoms with Gasteiger partial charge < -0.3 is 10.2 Å². The van der Waals surface area contributed by atoms with Crippen molar-refractivity contribution in [2.45, 2.75) is 6.04 Å². The van der Waals surface area contributed by atoms with Crippen LogP contribution in [0.1, 0.15) is 0 Å². The molecule has 1 atom stereocenters. The minimum Gasteiger partial charge on any atom is -0.338 e. The van der Waals surface area contributed by atoms with Crippen molar-refractivity contribution >= 4 is 5.95 Å². The van der Waals surface area contributed by atoms with Gasteiger partial charge in [0.05, 0.1) is 12.4 Å². The Bertz CT molecular complexity index is 338. The highest BCUT2D eigenvalue weighted by molar-refractivity contribution is 5.30. The van der Waals surface area contributed by atoms with E-state index in [0.717, 1.165) is 19.6 Å². The first-order valence-electron chi connectivity index (χ1n) is 4.88. The maximum absolute atomic E-state index is 12.6. The molecule has 0 spiro atoms. The zero-order valence-corrected chi connectivity index (χ0v) is 8.36. The standard InChI is InChI=1S/C10H13FN4/c1-2-9-7-15(4-3-12-9)10-13-5-8(11)6-14-10/h2,5-6,9,12H,1,3-4,7H2/t9-/m0/s1. The van der Waals surface area contributed by atoms with E-state index in [9.17, 15) is 4.39 Å². The molecule has 1 aliphatic rings. The molecule has 1 N–H and O–H groups in total. The molecule has 15 heavy (non-hydrogen) atoms. The molecule has 1 aromatic rings. The van der Waals surface area contributed by atoms with Crippen LogP contribution in [0.25, 0.3) is 0 Å². The lowest BCUT2D eigenvalue weighted by Gasteiger charge is -2.32. The quantitative estimate of drug-likeness (QED) is 0.722. The van der Waals surface area contributed by atoms with Gasteiger partial charge in [-0.2, -0.15) is 0 Å². The first-order valence-corrected chi connectivity index (χ1v) is 4.88. The zero-order valence-electron chi connectivity index (χ0n) is 8.36. The predicted octanol–water partition coefficient (Wildman–Crippen LogP) is 0.580. The highest BCUT2D eigenvalue weighted by atomic mass is 19.1. The average molecular weight is 208 g/mol. The second kappa shape index (κ2) is 4.35. The van der Waals surface area contributed by atoms with Crippen molar-refractivity contribution in [3.63, 3.8) is 0 Å². The molecule has 80 valence electrons. The molecule has 1 aromatic heterocycles. The largest absolute Gasteiger partial charge is 0.338 e. The summed E-state index contributed by atoms with van der Waals surface area (Å²) in [5.74, 6) is 0.166. The number of hydrogen-bond acceptors (Lipinski definition) is 4. The van der Waals surface area contributed by atoms with Gasteiger partial charge >= 0.3 is 0 Å². The topological polar surface area (TPSA) is 41.1 Å². The summed E-state index contributed by atoms with van der Waals surface area (Å²) in [4.78, 5) is 9.91. The number of rotatable bonds is 2. The summed E-state index contributed by atoms with van der Waals surface area (Å²) in [6.07, 6.45) is 4.23. The van der Waals surface area contributed by atoms with E-state index >= 15 is 0 Å². The van der Waals surface area contributed by atoms with Crippen molar-refractivity contribution < 1.29 is 4.39 Å². The smallest absolute Gasteiger partial charge is 0.225 e. The summed E-state index contributed by atoms with van der Waals surface area (Å²) in [5, 5.41) is 3.29. The van der Waals surface area contributed by atoms with Crippen molar-refractivity contribution in [1.82, 2.24) is 15.3 Å². The first kappa shape index (κ1) is 10.0. The molecule has 2 heterocycles. The Kier molecular flexibility index (Phi) is 2.91. The third-order valence-electron chi connectivity index (χ3n) is 2.38. The third kappa shape index (κ3) is 2.30. The summed E-state index contributed by atoms with van der Waals surface area (Å²) in [7, 11) is 0. The minimum absolute atomic E-state index is 0.243. The molecule has 0 radical (unpaired) electrons. The van der Waals surface area contributed by atoms with Crippen molar-refractivity contribution in [2.75, 3.05) is 24.5 Å². The molecule has 5 heteroatoms. The van der Waals surface area contributed by atoms with Crippen LogP contribution in [-0.2, 0) is 0 Å². The average Bonchev–Trinajstić information content (AvgIpc) is 2.30. The van der Waals surface area contributed by atoms with Gasteiger partial charge in [0.15, 0.2) is 5.82 Å². The molecule has 1 fully saturated rings. The van der Waals surface area contributed by atoms with Gasteiger partial charge in [-0.25, -0.2) is 14.4 Å². The SMILES string of the molecule is C=C[C@H]1CN(c2ncc(F)cn2)CCN1. The van der Waals surface area contributed by atoms with Crippen molar-refractivity contribution in [3.05, 3.63) is 30.9 Å². The van der Waals surface area contributed by atoms with Crippen LogP contribution in [0.4, 0.5) is 10.3 Å². The molecule has 1 aliphatic heterocycles. The predicted molar refractivity (Wildman–Crippen MR) is 56.2 cm³/mol. The van der Waals surface area contributed by atoms with Crippen LogP contribution >= 0.6 is 0 Å². The number of piperazine rings is 1. The molecule has 0 aromatic carbocycles. The maximum Gasteiger partial charge on any atom is 0.225 e. The first-order chi connectivity index (χ1) is 7.29. The molecular weight excluding hydrogens is 195 g/mol. The summed E-state index contributed by atoms with van der Waals surface area (Å²) < 4.78 is 12.6. The van der Waals surface area contributed by atoms with Gasteiger partial charge in [0.2, 0.25) is 5.95 Å². The Morgan fingerprint density at radius 1 is 1.53 bits per heavy atom. The Labute approximate surface area is 87.8 Å². The molecule has 0 bridgehead atoms. The maximum atomic E-state index is 12.6. The van der Waals surface area contributed by atoms with Gasteiger partial charge in [-0.1, -0.05) is 6.08 Å². The lowest BCUT2D eigenvalue weighted by Crippen LogP contribution is -2.50. The number of anilines is 1. The van der Waals surface area contributed by atoms with E-state index in [4.69, 9.17) is 0 Å². The summed E-state index contributed by atoms with van der Waals surface area (Å²) in [5.41, 5.74) is 0. The molecule has 0 saturated carbocycles. The van der Waals surface area contributed by atoms with Gasteiger partial charge in [0.1, 0.15) is 0 Å². The Hall–Kier alpha value is -1.49.